The van der Waals surface area contributed by atoms with Gasteiger partial charge in [-0.25, -0.2) is 0 Å². The molecule has 21 heavy (non-hydrogen) atoms. The van der Waals surface area contributed by atoms with E-state index in [-0.39, 0.29) is 6.54 Å². The average molecular weight is 318 g/mol. The first kappa shape index (κ1) is 17.2. The Morgan fingerprint density at radius 2 is 1.62 bits per heavy atom. The van der Waals surface area contributed by atoms with E-state index in [2.05, 4.69) is 25.5 Å². The zero-order valence-corrected chi connectivity index (χ0v) is 14.3. The first-order valence-corrected chi connectivity index (χ1v) is 9.61. The summed E-state index contributed by atoms with van der Waals surface area (Å²) < 4.78 is 29.0. The molecular weight excluding hydrogens is 288 g/mol. The van der Waals surface area contributed by atoms with Crippen molar-refractivity contribution in [1.29, 1.82) is 0 Å². The van der Waals surface area contributed by atoms with Crippen LogP contribution in [0.3, 0.4) is 0 Å². The third-order valence-corrected chi connectivity index (χ3v) is 6.45. The molecule has 0 amide bonds. The van der Waals surface area contributed by atoms with Gasteiger partial charge >= 0.3 is 0 Å². The van der Waals surface area contributed by atoms with Crippen LogP contribution < -0.4 is 4.72 Å². The van der Waals surface area contributed by atoms with Crippen molar-refractivity contribution in [2.45, 2.75) is 58.5 Å². The molecule has 0 aromatic rings. The Bertz CT molecular complexity index is 434. The summed E-state index contributed by atoms with van der Waals surface area (Å²) in [4.78, 5) is 0. The molecule has 2 N–H and O–H groups in total. The van der Waals surface area contributed by atoms with E-state index in [0.717, 1.165) is 19.3 Å². The number of nitrogens with one attached hydrogen (secondary N) is 1. The zero-order valence-electron chi connectivity index (χ0n) is 13.5. The number of rotatable bonds is 4. The van der Waals surface area contributed by atoms with Gasteiger partial charge in [0, 0.05) is 19.6 Å². The Morgan fingerprint density at radius 3 is 2.14 bits per heavy atom. The molecule has 0 spiro atoms. The van der Waals surface area contributed by atoms with Gasteiger partial charge in [-0.05, 0) is 49.9 Å². The van der Waals surface area contributed by atoms with Crippen molar-refractivity contribution >= 4 is 10.2 Å². The van der Waals surface area contributed by atoms with Crippen LogP contribution in [-0.2, 0) is 10.2 Å². The van der Waals surface area contributed by atoms with E-state index < -0.39 is 15.8 Å². The van der Waals surface area contributed by atoms with Crippen LogP contribution in [0, 0.1) is 17.8 Å². The second-order valence-corrected chi connectivity index (χ2v) is 9.25. The molecule has 6 heteroatoms. The Morgan fingerprint density at radius 1 is 1.10 bits per heavy atom. The molecule has 0 aromatic carbocycles. The van der Waals surface area contributed by atoms with Gasteiger partial charge in [-0.15, -0.1) is 0 Å². The minimum atomic E-state index is -3.48. The van der Waals surface area contributed by atoms with Gasteiger partial charge in [-0.2, -0.15) is 17.4 Å². The van der Waals surface area contributed by atoms with Gasteiger partial charge in [0.15, 0.2) is 0 Å². The molecular formula is C15H30N2O3S. The van der Waals surface area contributed by atoms with E-state index in [1.807, 2.05) is 0 Å². The SMILES string of the molecule is CC1CCC(O)(CNS(=O)(=O)N2CC(C)CC(C)C2)CC1. The molecule has 2 rings (SSSR count). The van der Waals surface area contributed by atoms with E-state index in [1.54, 1.807) is 4.31 Å². The second-order valence-electron chi connectivity index (χ2n) is 7.50. The maximum absolute atomic E-state index is 12.4. The number of hydrogen-bond donors (Lipinski definition) is 2. The average Bonchev–Trinajstić information content (AvgIpc) is 2.40. The van der Waals surface area contributed by atoms with Crippen molar-refractivity contribution in [3.05, 3.63) is 0 Å². The topological polar surface area (TPSA) is 69.6 Å². The smallest absolute Gasteiger partial charge is 0.279 e. The number of nitrogens with zero attached hydrogens (tertiary/aromatic N) is 1. The normalized spacial score (nSPS) is 39.3. The predicted molar refractivity (Wildman–Crippen MR) is 84.0 cm³/mol. The molecule has 0 radical (unpaired) electrons. The van der Waals surface area contributed by atoms with Crippen LogP contribution in [0.5, 0.6) is 0 Å². The van der Waals surface area contributed by atoms with E-state index in [9.17, 15) is 13.5 Å². The number of piperidine rings is 1. The fourth-order valence-electron chi connectivity index (χ4n) is 3.60. The highest BCUT2D eigenvalue weighted by Crippen LogP contribution is 2.31. The lowest BCUT2D eigenvalue weighted by molar-refractivity contribution is -0.00221. The summed E-state index contributed by atoms with van der Waals surface area (Å²) in [6, 6.07) is 0. The molecule has 1 heterocycles. The lowest BCUT2D eigenvalue weighted by atomic mass is 9.80. The van der Waals surface area contributed by atoms with Crippen LogP contribution in [0.2, 0.25) is 0 Å². The highest BCUT2D eigenvalue weighted by Gasteiger charge is 2.35. The van der Waals surface area contributed by atoms with Crippen LogP contribution in [0.1, 0.15) is 52.9 Å². The summed E-state index contributed by atoms with van der Waals surface area (Å²) in [5.74, 6) is 1.42. The van der Waals surface area contributed by atoms with Crippen molar-refractivity contribution in [2.24, 2.45) is 17.8 Å². The number of aliphatic hydroxyl groups is 1. The minimum Gasteiger partial charge on any atom is -0.389 e. The fraction of sp³-hybridized carbons (Fsp3) is 1.00. The van der Waals surface area contributed by atoms with Crippen molar-refractivity contribution < 1.29 is 13.5 Å². The van der Waals surface area contributed by atoms with Gasteiger partial charge in [-0.1, -0.05) is 20.8 Å². The molecule has 1 aliphatic heterocycles. The standard InChI is InChI=1S/C15H30N2O3S/c1-12-4-6-15(18,7-5-12)11-16-21(19,20)17-9-13(2)8-14(3)10-17/h12-14,16,18H,4-11H2,1-3H3. The maximum atomic E-state index is 12.4. The minimum absolute atomic E-state index is 0.140. The Hall–Kier alpha value is -0.170. The Balaban J connectivity index is 1.92. The van der Waals surface area contributed by atoms with Crippen LogP contribution in [0.4, 0.5) is 0 Å². The largest absolute Gasteiger partial charge is 0.389 e. The predicted octanol–water partition coefficient (Wildman–Crippen LogP) is 1.74. The number of hydrogen-bond acceptors (Lipinski definition) is 3. The second kappa shape index (κ2) is 6.52. The summed E-state index contributed by atoms with van der Waals surface area (Å²) in [6.45, 7) is 7.66. The third-order valence-electron chi connectivity index (χ3n) is 4.96. The molecule has 2 unspecified atom stereocenters. The highest BCUT2D eigenvalue weighted by molar-refractivity contribution is 7.87. The third kappa shape index (κ3) is 4.65. The van der Waals surface area contributed by atoms with E-state index in [0.29, 0.717) is 43.7 Å². The lowest BCUT2D eigenvalue weighted by Crippen LogP contribution is -2.52. The Kier molecular flexibility index (Phi) is 5.34. The van der Waals surface area contributed by atoms with Crippen molar-refractivity contribution in [3.8, 4) is 0 Å². The summed E-state index contributed by atoms with van der Waals surface area (Å²) in [7, 11) is -3.48. The molecule has 5 nitrogen and oxygen atoms in total. The van der Waals surface area contributed by atoms with Crippen LogP contribution >= 0.6 is 0 Å². The van der Waals surface area contributed by atoms with E-state index >= 15 is 0 Å². The van der Waals surface area contributed by atoms with E-state index in [4.69, 9.17) is 0 Å². The summed E-state index contributed by atoms with van der Waals surface area (Å²) in [5, 5.41) is 10.5. The van der Waals surface area contributed by atoms with Gasteiger partial charge in [0.1, 0.15) is 0 Å². The van der Waals surface area contributed by atoms with Gasteiger partial charge in [-0.3, -0.25) is 0 Å². The van der Waals surface area contributed by atoms with Crippen molar-refractivity contribution in [2.75, 3.05) is 19.6 Å². The Labute approximate surface area is 129 Å². The van der Waals surface area contributed by atoms with Gasteiger partial charge in [0.05, 0.1) is 5.60 Å². The molecule has 1 saturated carbocycles. The van der Waals surface area contributed by atoms with Crippen molar-refractivity contribution in [1.82, 2.24) is 9.03 Å². The molecule has 2 aliphatic rings. The molecule has 1 aliphatic carbocycles. The molecule has 124 valence electrons. The zero-order chi connectivity index (χ0) is 15.7. The first-order chi connectivity index (χ1) is 9.70. The van der Waals surface area contributed by atoms with E-state index in [1.165, 1.54) is 0 Å². The lowest BCUT2D eigenvalue weighted by Gasteiger charge is -2.37. The van der Waals surface area contributed by atoms with Crippen molar-refractivity contribution in [3.63, 3.8) is 0 Å². The first-order valence-electron chi connectivity index (χ1n) is 8.17. The molecule has 2 atom stereocenters. The van der Waals surface area contributed by atoms with Crippen LogP contribution in [-0.4, -0.2) is 43.1 Å². The quantitative estimate of drug-likeness (QED) is 0.829. The van der Waals surface area contributed by atoms with Gasteiger partial charge < -0.3 is 5.11 Å². The van der Waals surface area contributed by atoms with Crippen LogP contribution in [0.15, 0.2) is 0 Å². The molecule has 2 fully saturated rings. The summed E-state index contributed by atoms with van der Waals surface area (Å²) in [6.07, 6.45) is 4.38. The summed E-state index contributed by atoms with van der Waals surface area (Å²) in [5.41, 5.74) is -0.868. The molecule has 0 aromatic heterocycles. The molecule has 1 saturated heterocycles. The van der Waals surface area contributed by atoms with Crippen LogP contribution in [0.25, 0.3) is 0 Å². The fourth-order valence-corrected chi connectivity index (χ4v) is 5.13. The summed E-state index contributed by atoms with van der Waals surface area (Å²) >= 11 is 0. The van der Waals surface area contributed by atoms with Gasteiger partial charge in [0.2, 0.25) is 0 Å². The molecule has 0 bridgehead atoms. The van der Waals surface area contributed by atoms with Gasteiger partial charge in [0.25, 0.3) is 10.2 Å². The highest BCUT2D eigenvalue weighted by atomic mass is 32.2. The maximum Gasteiger partial charge on any atom is 0.279 e. The monoisotopic (exact) mass is 318 g/mol.